The van der Waals surface area contributed by atoms with Gasteiger partial charge in [0, 0.05) is 18.2 Å². The number of furan rings is 1. The van der Waals surface area contributed by atoms with Gasteiger partial charge >= 0.3 is 5.97 Å². The number of carbonyl (C=O) groups is 3. The van der Waals surface area contributed by atoms with Crippen LogP contribution in [0.2, 0.25) is 0 Å². The van der Waals surface area contributed by atoms with Crippen LogP contribution in [0, 0.1) is 10.1 Å². The van der Waals surface area contributed by atoms with Gasteiger partial charge in [-0.15, -0.1) is 0 Å². The van der Waals surface area contributed by atoms with E-state index in [9.17, 15) is 24.5 Å². The van der Waals surface area contributed by atoms with Crippen molar-refractivity contribution in [1.29, 1.82) is 0 Å². The Morgan fingerprint density at radius 3 is 2.73 bits per heavy atom. The molecule has 1 aliphatic rings. The van der Waals surface area contributed by atoms with Gasteiger partial charge in [0.1, 0.15) is 23.8 Å². The van der Waals surface area contributed by atoms with E-state index in [-0.39, 0.29) is 28.7 Å². The zero-order chi connectivity index (χ0) is 21.8. The maximum atomic E-state index is 12.4. The zero-order valence-corrected chi connectivity index (χ0v) is 16.8. The number of imide groups is 1. The molecule has 2 amide bonds. The second-order valence-electron chi connectivity index (χ2n) is 5.92. The lowest BCUT2D eigenvalue weighted by molar-refractivity contribution is -0.384. The summed E-state index contributed by atoms with van der Waals surface area (Å²) in [5.41, 5.74) is 0.227. The maximum absolute atomic E-state index is 12.4. The number of non-ortho nitro benzene ring substituents is 1. The van der Waals surface area contributed by atoms with Crippen molar-refractivity contribution in [3.63, 3.8) is 0 Å². The van der Waals surface area contributed by atoms with E-state index in [1.54, 1.807) is 19.1 Å². The van der Waals surface area contributed by atoms with E-state index in [1.165, 1.54) is 31.4 Å². The molecule has 0 N–H and O–H groups in total. The molecule has 1 aromatic heterocycles. The van der Waals surface area contributed by atoms with Crippen molar-refractivity contribution in [3.05, 3.63) is 51.1 Å². The molecule has 1 saturated heterocycles. The first-order valence-electron chi connectivity index (χ1n) is 8.67. The molecule has 0 spiro atoms. The van der Waals surface area contributed by atoms with Gasteiger partial charge in [0.2, 0.25) is 0 Å². The third-order valence-electron chi connectivity index (χ3n) is 4.03. The van der Waals surface area contributed by atoms with Crippen LogP contribution in [0.3, 0.4) is 0 Å². The van der Waals surface area contributed by atoms with E-state index >= 15 is 0 Å². The lowest BCUT2D eigenvalue weighted by Crippen LogP contribution is -2.34. The number of nitro groups is 1. The molecular weight excluding hydrogens is 416 g/mol. The smallest absolute Gasteiger partial charge is 0.326 e. The van der Waals surface area contributed by atoms with Gasteiger partial charge in [0.05, 0.1) is 29.1 Å². The molecule has 30 heavy (non-hydrogen) atoms. The van der Waals surface area contributed by atoms with Gasteiger partial charge in [-0.25, -0.2) is 0 Å². The number of nitrogens with zero attached hydrogens (tertiary/aromatic N) is 2. The molecule has 1 aliphatic heterocycles. The highest BCUT2D eigenvalue weighted by Gasteiger charge is 2.36. The Labute approximate surface area is 174 Å². The van der Waals surface area contributed by atoms with Gasteiger partial charge < -0.3 is 13.9 Å². The Kier molecular flexibility index (Phi) is 6.21. The normalized spacial score (nSPS) is 15.0. The summed E-state index contributed by atoms with van der Waals surface area (Å²) < 4.78 is 15.7. The predicted octanol–water partition coefficient (Wildman–Crippen LogP) is 3.46. The van der Waals surface area contributed by atoms with E-state index in [0.29, 0.717) is 23.1 Å². The number of hydrogen-bond donors (Lipinski definition) is 0. The first-order valence-corrected chi connectivity index (χ1v) is 9.49. The maximum Gasteiger partial charge on any atom is 0.326 e. The van der Waals surface area contributed by atoms with Gasteiger partial charge in [-0.2, -0.15) is 0 Å². The summed E-state index contributed by atoms with van der Waals surface area (Å²) in [6.45, 7) is 1.29. The fourth-order valence-electron chi connectivity index (χ4n) is 2.68. The summed E-state index contributed by atoms with van der Waals surface area (Å²) in [7, 11) is 1.42. The van der Waals surface area contributed by atoms with Crippen LogP contribution in [0.1, 0.15) is 12.7 Å². The number of amides is 2. The van der Waals surface area contributed by atoms with E-state index in [4.69, 9.17) is 13.9 Å². The molecule has 10 nitrogen and oxygen atoms in total. The van der Waals surface area contributed by atoms with Gasteiger partial charge in [-0.1, -0.05) is 0 Å². The number of thioether (sulfide) groups is 1. The number of nitro benzene ring substituents is 1. The van der Waals surface area contributed by atoms with Gasteiger partial charge in [0.25, 0.3) is 16.8 Å². The minimum atomic E-state index is -0.681. The molecule has 0 atom stereocenters. The minimum absolute atomic E-state index is 0.0798. The van der Waals surface area contributed by atoms with Crippen LogP contribution in [0.25, 0.3) is 17.4 Å². The molecule has 2 aromatic rings. The first kappa shape index (κ1) is 21.1. The van der Waals surface area contributed by atoms with Crippen molar-refractivity contribution in [2.24, 2.45) is 0 Å². The standard InChI is InChI=1S/C19H16N2O8S/c1-3-28-17(22)10-20-18(23)16(30-19(20)24)9-12-5-7-15(29-12)13-8-11(21(25)26)4-6-14(13)27-2/h4-9H,3,10H2,1-2H3/b16-9+. The molecule has 0 radical (unpaired) electrons. The SMILES string of the molecule is CCOC(=O)CN1C(=O)S/C(=C/c2ccc(-c3cc([N+](=O)[O-])ccc3OC)o2)C1=O. The molecule has 3 rings (SSSR count). The number of esters is 1. The summed E-state index contributed by atoms with van der Waals surface area (Å²) >= 11 is 0.673. The van der Waals surface area contributed by atoms with E-state index in [0.717, 1.165) is 4.90 Å². The molecule has 0 bridgehead atoms. The van der Waals surface area contributed by atoms with Crippen LogP contribution in [0.4, 0.5) is 10.5 Å². The van der Waals surface area contributed by atoms with Crippen LogP contribution in [0.15, 0.2) is 39.7 Å². The zero-order valence-electron chi connectivity index (χ0n) is 15.9. The highest BCUT2D eigenvalue weighted by molar-refractivity contribution is 8.18. The number of rotatable bonds is 7. The molecule has 0 saturated carbocycles. The van der Waals surface area contributed by atoms with Gasteiger partial charge in [-0.05, 0) is 36.9 Å². The fourth-order valence-corrected chi connectivity index (χ4v) is 3.50. The largest absolute Gasteiger partial charge is 0.496 e. The van der Waals surface area contributed by atoms with Crippen LogP contribution in [0.5, 0.6) is 5.75 Å². The average Bonchev–Trinajstić information content (AvgIpc) is 3.28. The predicted molar refractivity (Wildman–Crippen MR) is 107 cm³/mol. The highest BCUT2D eigenvalue weighted by Crippen LogP contribution is 2.36. The second kappa shape index (κ2) is 8.82. The summed E-state index contributed by atoms with van der Waals surface area (Å²) in [5.74, 6) is -0.410. The third kappa shape index (κ3) is 4.35. The Bertz CT molecular complexity index is 1060. The second-order valence-corrected chi connectivity index (χ2v) is 6.91. The fraction of sp³-hybridized carbons (Fsp3) is 0.211. The summed E-state index contributed by atoms with van der Waals surface area (Å²) in [5, 5.41) is 10.5. The first-order chi connectivity index (χ1) is 14.3. The van der Waals surface area contributed by atoms with Crippen LogP contribution < -0.4 is 4.74 Å². The molecular formula is C19H16N2O8S. The summed E-state index contributed by atoms with van der Waals surface area (Å²) in [4.78, 5) is 47.4. The van der Waals surface area contributed by atoms with Crippen molar-refractivity contribution in [1.82, 2.24) is 4.90 Å². The molecule has 156 valence electrons. The average molecular weight is 432 g/mol. The lowest BCUT2D eigenvalue weighted by Gasteiger charge is -2.10. The van der Waals surface area contributed by atoms with E-state index < -0.39 is 28.6 Å². The van der Waals surface area contributed by atoms with Crippen molar-refractivity contribution < 1.29 is 33.2 Å². The van der Waals surface area contributed by atoms with Crippen molar-refractivity contribution in [3.8, 4) is 17.1 Å². The molecule has 2 heterocycles. The van der Waals surface area contributed by atoms with E-state index in [2.05, 4.69) is 0 Å². The highest BCUT2D eigenvalue weighted by atomic mass is 32.2. The summed E-state index contributed by atoms with van der Waals surface area (Å²) in [6.07, 6.45) is 1.36. The molecule has 0 unspecified atom stereocenters. The topological polar surface area (TPSA) is 129 Å². The summed E-state index contributed by atoms with van der Waals surface area (Å²) in [6, 6.07) is 7.19. The lowest BCUT2D eigenvalue weighted by atomic mass is 10.1. The quantitative estimate of drug-likeness (QED) is 0.279. The Morgan fingerprint density at radius 1 is 1.30 bits per heavy atom. The number of ether oxygens (including phenoxy) is 2. The van der Waals surface area contributed by atoms with Gasteiger partial charge in [-0.3, -0.25) is 29.4 Å². The molecule has 11 heteroatoms. The van der Waals surface area contributed by atoms with Crippen molar-refractivity contribution >= 4 is 40.6 Å². The van der Waals surface area contributed by atoms with Crippen LogP contribution in [-0.2, 0) is 14.3 Å². The number of carbonyl (C=O) groups excluding carboxylic acids is 3. The number of hydrogen-bond acceptors (Lipinski definition) is 9. The Balaban J connectivity index is 1.85. The van der Waals surface area contributed by atoms with Crippen molar-refractivity contribution in [2.45, 2.75) is 6.92 Å². The Hall–Kier alpha value is -3.60. The Morgan fingerprint density at radius 2 is 2.07 bits per heavy atom. The minimum Gasteiger partial charge on any atom is -0.496 e. The molecule has 0 aliphatic carbocycles. The van der Waals surface area contributed by atoms with Gasteiger partial charge in [0.15, 0.2) is 0 Å². The molecule has 1 fully saturated rings. The number of methoxy groups -OCH3 is 1. The van der Waals surface area contributed by atoms with Crippen LogP contribution in [-0.4, -0.2) is 47.2 Å². The molecule has 1 aromatic carbocycles. The number of benzene rings is 1. The van der Waals surface area contributed by atoms with E-state index in [1.807, 2.05) is 0 Å². The third-order valence-corrected chi connectivity index (χ3v) is 4.93. The van der Waals surface area contributed by atoms with Crippen molar-refractivity contribution in [2.75, 3.05) is 20.3 Å². The monoisotopic (exact) mass is 432 g/mol. The van der Waals surface area contributed by atoms with Crippen LogP contribution >= 0.6 is 11.8 Å².